The first-order valence-electron chi connectivity index (χ1n) is 22.3. The number of hydrogen-bond acceptors (Lipinski definition) is 17. The molecule has 2 saturated carbocycles. The van der Waals surface area contributed by atoms with Crippen LogP contribution in [0, 0.1) is 16.2 Å². The van der Waals surface area contributed by atoms with Crippen molar-refractivity contribution in [2.45, 2.75) is 128 Å². The number of nitrogens with zero attached hydrogens (tertiary/aromatic N) is 4. The number of aromatic nitrogens is 4. The van der Waals surface area contributed by atoms with E-state index in [0.29, 0.717) is 5.41 Å². The van der Waals surface area contributed by atoms with Crippen molar-refractivity contribution in [1.29, 1.82) is 0 Å². The number of amides is 2. The van der Waals surface area contributed by atoms with Crippen LogP contribution in [-0.2, 0) is 63.5 Å². The zero-order chi connectivity index (χ0) is 49.7. The predicted octanol–water partition coefficient (Wildman–Crippen LogP) is 3.29. The van der Waals surface area contributed by atoms with Gasteiger partial charge in [-0.25, -0.2) is 28.6 Å². The van der Waals surface area contributed by atoms with Gasteiger partial charge in [0, 0.05) is 36.8 Å². The van der Waals surface area contributed by atoms with Gasteiger partial charge in [-0.1, -0.05) is 45.0 Å². The molecule has 1 aliphatic heterocycles. The molecule has 3 aliphatic rings. The van der Waals surface area contributed by atoms with Gasteiger partial charge < -0.3 is 50.9 Å². The maximum absolute atomic E-state index is 13.1. The van der Waals surface area contributed by atoms with E-state index in [1.165, 1.54) is 50.7 Å². The maximum atomic E-state index is 13.1. The number of carbonyl (C=O) groups is 3. The molecule has 1 aromatic carbocycles. The quantitative estimate of drug-likeness (QED) is 0.0471. The number of Topliss-reactive ketones (excluding diaryl/α,β-unsaturated/α-hetero) is 1. The number of phosphoric ester groups is 3. The summed E-state index contributed by atoms with van der Waals surface area (Å²) in [6, 6.07) is 8.79. The summed E-state index contributed by atoms with van der Waals surface area (Å²) < 4.78 is 62.6. The molecule has 7 unspecified atom stereocenters. The average molecular weight is 1020 g/mol. The van der Waals surface area contributed by atoms with E-state index in [1.54, 1.807) is 0 Å². The van der Waals surface area contributed by atoms with E-state index in [-0.39, 0.29) is 54.1 Å². The zero-order valence-electron chi connectivity index (χ0n) is 38.0. The summed E-state index contributed by atoms with van der Waals surface area (Å²) in [5, 5.41) is 26.7. The number of ether oxygens (including phenoxy) is 1. The molecule has 1 saturated heterocycles. The number of nitrogen functional groups attached to an aromatic ring is 1. The highest BCUT2D eigenvalue weighted by Crippen LogP contribution is 2.61. The number of aliphatic hydroxyl groups excluding tert-OH is 2. The number of ketones is 1. The second-order valence-corrected chi connectivity index (χ2v) is 23.1. The van der Waals surface area contributed by atoms with Crippen LogP contribution in [0.1, 0.15) is 102 Å². The number of rotatable bonds is 28. The number of anilines is 1. The van der Waals surface area contributed by atoms with Gasteiger partial charge in [0.1, 0.15) is 42.0 Å². The van der Waals surface area contributed by atoms with Crippen LogP contribution in [-0.4, -0.2) is 118 Å². The minimum Gasteiger partial charge on any atom is -0.386 e. The summed E-state index contributed by atoms with van der Waals surface area (Å²) in [6.45, 7) is 2.81. The van der Waals surface area contributed by atoms with Gasteiger partial charge in [-0.05, 0) is 80.8 Å². The minimum atomic E-state index is -5.58. The summed E-state index contributed by atoms with van der Waals surface area (Å²) in [5.74, 6) is -1.33. The predicted molar refractivity (Wildman–Crippen MR) is 241 cm³/mol. The number of aryl methyl sites for hydroxylation is 2. The van der Waals surface area contributed by atoms with Crippen LogP contribution in [0.2, 0.25) is 0 Å². The summed E-state index contributed by atoms with van der Waals surface area (Å²) >= 11 is 0. The molecule has 2 aliphatic carbocycles. The lowest BCUT2D eigenvalue weighted by atomic mass is 9.87. The SMILES string of the molecule is CC1(CCCc2ccc(CCCC3(C(=O)CCNC(=O)CCNC(=O)C(O)C(C)(C)COP(=O)(O)OP(=O)(O)OCC4OC(n5cnc6c(N)ncnc65)C(O)C4OP(=O)(O)O)CC3)cc2)CC1. The first-order chi connectivity index (χ1) is 31.8. The van der Waals surface area contributed by atoms with Gasteiger partial charge in [-0.15, -0.1) is 0 Å². The molecule has 3 aromatic rings. The standard InChI is InChI=1S/C41H62N7O17P3/c1-39(2,23-62-68(59,60)65-67(57,58)61-22-28-33(64-66(54,55)56)32(51)38(63-28)48-25-47-31-35(42)45-24-46-36(31)48)34(52)37(53)44-21-13-30(50)43-20-12-29(49)41(18-19-41)15-5-7-27-10-8-26(9-11-27)6-4-14-40(3)16-17-40/h8-11,24-25,28,32-34,38,51-52H,4-7,12-23H2,1-3H3,(H,43,50)(H,44,53)(H,57,58)(H,59,60)(H2,42,45,46)(H2,54,55,56). The molecule has 0 spiro atoms. The molecule has 27 heteroatoms. The Bertz CT molecular complexity index is 2410. The Morgan fingerprint density at radius 2 is 1.53 bits per heavy atom. The molecule has 6 rings (SSSR count). The van der Waals surface area contributed by atoms with Crippen molar-refractivity contribution >= 4 is 58.0 Å². The molecule has 0 radical (unpaired) electrons. The van der Waals surface area contributed by atoms with Gasteiger partial charge in [-0.3, -0.25) is 32.5 Å². The fourth-order valence-corrected chi connectivity index (χ4v) is 10.9. The van der Waals surface area contributed by atoms with Crippen molar-refractivity contribution in [2.24, 2.45) is 16.2 Å². The Kier molecular flexibility index (Phi) is 17.3. The second-order valence-electron chi connectivity index (χ2n) is 18.9. The number of hydrogen-bond donors (Lipinski definition) is 9. The number of benzene rings is 1. The highest BCUT2D eigenvalue weighted by molar-refractivity contribution is 7.61. The number of phosphoric acid groups is 3. The number of nitrogens with one attached hydrogen (secondary N) is 2. The van der Waals surface area contributed by atoms with Crippen LogP contribution in [0.25, 0.3) is 11.2 Å². The number of nitrogens with two attached hydrogens (primary N) is 1. The molecule has 10 N–H and O–H groups in total. The summed E-state index contributed by atoms with van der Waals surface area (Å²) in [5.41, 5.74) is 7.13. The van der Waals surface area contributed by atoms with Gasteiger partial charge in [-0.2, -0.15) is 4.31 Å². The second kappa shape index (κ2) is 21.8. The summed E-state index contributed by atoms with van der Waals surface area (Å²) in [7, 11) is -16.4. The fraction of sp³-hybridized carbons (Fsp3) is 0.659. The van der Waals surface area contributed by atoms with Crippen molar-refractivity contribution in [1.82, 2.24) is 30.2 Å². The monoisotopic (exact) mass is 1020 g/mol. The molecular formula is C41H62N7O17P3. The Morgan fingerprint density at radius 1 is 0.912 bits per heavy atom. The van der Waals surface area contributed by atoms with E-state index >= 15 is 0 Å². The van der Waals surface area contributed by atoms with Crippen molar-refractivity contribution < 1.29 is 80.5 Å². The maximum Gasteiger partial charge on any atom is 0.481 e. The van der Waals surface area contributed by atoms with E-state index in [2.05, 4.69) is 65.6 Å². The Balaban J connectivity index is 0.870. The Hall–Kier alpha value is -3.57. The van der Waals surface area contributed by atoms with E-state index in [9.17, 15) is 57.9 Å². The number of imidazole rings is 1. The first kappa shape index (κ1) is 53.8. The lowest BCUT2D eigenvalue weighted by Gasteiger charge is -2.30. The number of carbonyl (C=O) groups excluding carboxylic acids is 3. The van der Waals surface area contributed by atoms with E-state index < -0.39 is 84.6 Å². The number of fused-ring (bicyclic) bond motifs is 1. The lowest BCUT2D eigenvalue weighted by molar-refractivity contribution is -0.137. The molecule has 24 nitrogen and oxygen atoms in total. The molecule has 3 heterocycles. The highest BCUT2D eigenvalue weighted by atomic mass is 31.3. The molecule has 378 valence electrons. The lowest BCUT2D eigenvalue weighted by Crippen LogP contribution is -2.46. The van der Waals surface area contributed by atoms with Gasteiger partial charge in [0.05, 0.1) is 19.5 Å². The third-order valence-electron chi connectivity index (χ3n) is 12.7. The molecule has 2 aromatic heterocycles. The van der Waals surface area contributed by atoms with Crippen molar-refractivity contribution in [3.8, 4) is 0 Å². The Morgan fingerprint density at radius 3 is 2.15 bits per heavy atom. The normalized spacial score (nSPS) is 23.1. The minimum absolute atomic E-state index is 0.0324. The molecule has 68 heavy (non-hydrogen) atoms. The van der Waals surface area contributed by atoms with Gasteiger partial charge in [0.25, 0.3) is 0 Å². The third-order valence-corrected chi connectivity index (χ3v) is 15.8. The van der Waals surface area contributed by atoms with Crippen LogP contribution in [0.5, 0.6) is 0 Å². The largest absolute Gasteiger partial charge is 0.481 e. The fourth-order valence-electron chi connectivity index (χ4n) is 8.03. The van der Waals surface area contributed by atoms with Crippen LogP contribution >= 0.6 is 23.5 Å². The smallest absolute Gasteiger partial charge is 0.386 e. The molecule has 0 bridgehead atoms. The van der Waals surface area contributed by atoms with E-state index in [0.717, 1.165) is 55.7 Å². The molecule has 2 amide bonds. The van der Waals surface area contributed by atoms with Crippen LogP contribution < -0.4 is 16.4 Å². The van der Waals surface area contributed by atoms with E-state index in [4.69, 9.17) is 19.5 Å². The van der Waals surface area contributed by atoms with Crippen LogP contribution in [0.3, 0.4) is 0 Å². The Labute approximate surface area is 392 Å². The summed E-state index contributed by atoms with van der Waals surface area (Å²) in [6.07, 6.45) is 3.79. The summed E-state index contributed by atoms with van der Waals surface area (Å²) in [4.78, 5) is 89.6. The molecular weight excluding hydrogens is 955 g/mol. The topological polar surface area (TPSA) is 364 Å². The van der Waals surface area contributed by atoms with Crippen molar-refractivity contribution in [2.75, 3.05) is 32.0 Å². The van der Waals surface area contributed by atoms with Crippen molar-refractivity contribution in [3.05, 3.63) is 48.0 Å². The van der Waals surface area contributed by atoms with Gasteiger partial charge >= 0.3 is 23.5 Å². The van der Waals surface area contributed by atoms with Gasteiger partial charge in [0.2, 0.25) is 11.8 Å². The highest BCUT2D eigenvalue weighted by Gasteiger charge is 2.51. The molecule has 3 fully saturated rings. The zero-order valence-corrected chi connectivity index (χ0v) is 40.7. The third kappa shape index (κ3) is 15.0. The average Bonchev–Trinajstić information content (AvgIpc) is 4.14. The van der Waals surface area contributed by atoms with Crippen molar-refractivity contribution in [3.63, 3.8) is 0 Å². The first-order valence-corrected chi connectivity index (χ1v) is 26.8. The van der Waals surface area contributed by atoms with E-state index in [1.807, 2.05) is 0 Å². The van der Waals surface area contributed by atoms with Crippen LogP contribution in [0.4, 0.5) is 5.82 Å². The van der Waals surface area contributed by atoms with Gasteiger partial charge in [0.15, 0.2) is 17.7 Å². The van der Waals surface area contributed by atoms with Crippen LogP contribution in [0.15, 0.2) is 36.9 Å². The molecule has 7 atom stereocenters. The number of aliphatic hydroxyl groups is 2.